The average molecular weight is 494 g/mol. The number of carbonyl (C=O) groups excluding carboxylic acids is 2. The predicted octanol–water partition coefficient (Wildman–Crippen LogP) is 3.92. The first-order valence-corrected chi connectivity index (χ1v) is 12.4. The summed E-state index contributed by atoms with van der Waals surface area (Å²) in [5.74, 6) is 1.64. The highest BCUT2D eigenvalue weighted by Gasteiger charge is 2.43. The van der Waals surface area contributed by atoms with Crippen LogP contribution < -0.4 is 11.1 Å². The molecule has 4 aromatic rings. The molecule has 0 bridgehead atoms. The molecule has 2 fully saturated rings. The third kappa shape index (κ3) is 4.12. The second-order valence-corrected chi connectivity index (χ2v) is 9.75. The van der Waals surface area contributed by atoms with Crippen LogP contribution >= 0.6 is 0 Å². The van der Waals surface area contributed by atoms with Gasteiger partial charge in [0, 0.05) is 42.7 Å². The van der Waals surface area contributed by atoms with Gasteiger partial charge in [-0.2, -0.15) is 0 Å². The second kappa shape index (κ2) is 9.16. The van der Waals surface area contributed by atoms with Crippen LogP contribution in [0.2, 0.25) is 0 Å². The Morgan fingerprint density at radius 1 is 1.03 bits per heavy atom. The minimum absolute atomic E-state index is 0.0114. The molecule has 37 heavy (non-hydrogen) atoms. The molecule has 6 rings (SSSR count). The number of benzene rings is 1. The van der Waals surface area contributed by atoms with Crippen LogP contribution in [0.15, 0.2) is 73.8 Å². The van der Waals surface area contributed by atoms with E-state index in [0.717, 1.165) is 48.1 Å². The number of hydrogen-bond acceptors (Lipinski definition) is 6. The number of nitrogen functional groups attached to an aromatic ring is 1. The molecular weight excluding hydrogens is 466 g/mol. The summed E-state index contributed by atoms with van der Waals surface area (Å²) in [5.41, 5.74) is 9.55. The van der Waals surface area contributed by atoms with Gasteiger partial charge in [0.15, 0.2) is 0 Å². The molecule has 186 valence electrons. The van der Waals surface area contributed by atoms with E-state index in [0.29, 0.717) is 29.0 Å². The van der Waals surface area contributed by atoms with Crippen molar-refractivity contribution in [3.05, 3.63) is 79.4 Å². The van der Waals surface area contributed by atoms with Gasteiger partial charge in [-0.15, -0.1) is 0 Å². The van der Waals surface area contributed by atoms with Gasteiger partial charge in [0.05, 0.1) is 5.39 Å². The smallest absolute Gasteiger partial charge is 0.256 e. The topological polar surface area (TPSA) is 119 Å². The van der Waals surface area contributed by atoms with Crippen LogP contribution in [0.5, 0.6) is 0 Å². The third-order valence-corrected chi connectivity index (χ3v) is 7.61. The molecule has 9 heteroatoms. The molecule has 3 N–H and O–H groups in total. The first-order chi connectivity index (χ1) is 18.0. The Kier molecular flexibility index (Phi) is 5.67. The number of carbonyl (C=O) groups is 2. The number of anilines is 2. The Balaban J connectivity index is 1.27. The summed E-state index contributed by atoms with van der Waals surface area (Å²) in [6.07, 6.45) is 8.60. The molecule has 9 nitrogen and oxygen atoms in total. The quantitative estimate of drug-likeness (QED) is 0.407. The first-order valence-electron chi connectivity index (χ1n) is 12.4. The van der Waals surface area contributed by atoms with Crippen molar-refractivity contribution in [1.29, 1.82) is 0 Å². The van der Waals surface area contributed by atoms with Crippen molar-refractivity contribution in [1.82, 2.24) is 24.4 Å². The van der Waals surface area contributed by atoms with E-state index < -0.39 is 0 Å². The van der Waals surface area contributed by atoms with Gasteiger partial charge in [-0.1, -0.05) is 24.8 Å². The van der Waals surface area contributed by atoms with Gasteiger partial charge >= 0.3 is 0 Å². The Labute approximate surface area is 214 Å². The lowest BCUT2D eigenvalue weighted by Crippen LogP contribution is -2.28. The van der Waals surface area contributed by atoms with Gasteiger partial charge in [-0.25, -0.2) is 15.0 Å². The summed E-state index contributed by atoms with van der Waals surface area (Å²) in [6, 6.07) is 13.1. The Hall–Kier alpha value is -4.53. The van der Waals surface area contributed by atoms with E-state index in [4.69, 9.17) is 5.73 Å². The minimum Gasteiger partial charge on any atom is -0.383 e. The summed E-state index contributed by atoms with van der Waals surface area (Å²) in [6.45, 7) is 5.17. The number of amides is 2. The maximum absolute atomic E-state index is 12.7. The number of rotatable bonds is 5. The highest BCUT2D eigenvalue weighted by Crippen LogP contribution is 2.46. The minimum atomic E-state index is -0.225. The number of fused-ring (bicyclic) bond motifs is 2. The molecule has 1 saturated carbocycles. The largest absolute Gasteiger partial charge is 0.383 e. The maximum Gasteiger partial charge on any atom is 0.256 e. The summed E-state index contributed by atoms with van der Waals surface area (Å²) in [4.78, 5) is 39.6. The fraction of sp³-hybridized carbons (Fsp3) is 0.250. The Morgan fingerprint density at radius 3 is 2.46 bits per heavy atom. The zero-order valence-electron chi connectivity index (χ0n) is 20.2. The van der Waals surface area contributed by atoms with Gasteiger partial charge in [-0.3, -0.25) is 9.59 Å². The number of pyridine rings is 1. The number of likely N-dealkylation sites (tertiary alicyclic amines) is 1. The van der Waals surface area contributed by atoms with Crippen LogP contribution in [0.4, 0.5) is 11.6 Å². The summed E-state index contributed by atoms with van der Waals surface area (Å²) in [7, 11) is 0. The molecule has 0 radical (unpaired) electrons. The Bertz CT molecular complexity index is 1480. The van der Waals surface area contributed by atoms with E-state index in [1.54, 1.807) is 30.5 Å². The summed E-state index contributed by atoms with van der Waals surface area (Å²) < 4.78 is 2.22. The molecule has 2 aliphatic rings. The van der Waals surface area contributed by atoms with E-state index in [2.05, 4.69) is 37.6 Å². The van der Waals surface area contributed by atoms with E-state index in [1.807, 2.05) is 23.1 Å². The molecule has 1 saturated heterocycles. The van der Waals surface area contributed by atoms with Crippen LogP contribution in [0, 0.1) is 11.8 Å². The maximum atomic E-state index is 12.7. The number of nitrogens with two attached hydrogens (primary N) is 1. The first kappa shape index (κ1) is 22.9. The lowest BCUT2D eigenvalue weighted by atomic mass is 10.0. The van der Waals surface area contributed by atoms with Gasteiger partial charge in [0.2, 0.25) is 5.91 Å². The summed E-state index contributed by atoms with van der Waals surface area (Å²) >= 11 is 0. The van der Waals surface area contributed by atoms with Gasteiger partial charge in [-0.05, 0) is 60.6 Å². The summed E-state index contributed by atoms with van der Waals surface area (Å²) in [5, 5.41) is 3.62. The lowest BCUT2D eigenvalue weighted by molar-refractivity contribution is -0.125. The third-order valence-electron chi connectivity index (χ3n) is 7.61. The zero-order chi connectivity index (χ0) is 25.5. The van der Waals surface area contributed by atoms with Crippen LogP contribution in [0.1, 0.15) is 29.2 Å². The number of nitrogens with zero attached hydrogens (tertiary/aromatic N) is 5. The monoisotopic (exact) mass is 493 g/mol. The molecule has 1 aliphatic heterocycles. The highest BCUT2D eigenvalue weighted by atomic mass is 16.2. The number of aromatic nitrogens is 4. The fourth-order valence-corrected chi connectivity index (χ4v) is 5.84. The molecule has 2 unspecified atom stereocenters. The predicted molar refractivity (Wildman–Crippen MR) is 142 cm³/mol. The van der Waals surface area contributed by atoms with E-state index in [9.17, 15) is 9.59 Å². The number of nitrogens with one attached hydrogen (secondary N) is 1. The van der Waals surface area contributed by atoms with Crippen molar-refractivity contribution in [3.63, 3.8) is 0 Å². The second-order valence-electron chi connectivity index (χ2n) is 9.75. The van der Waals surface area contributed by atoms with Crippen LogP contribution in [0.3, 0.4) is 0 Å². The van der Waals surface area contributed by atoms with E-state index in [-0.39, 0.29) is 17.9 Å². The molecule has 2 atom stereocenters. The highest BCUT2D eigenvalue weighted by molar-refractivity contribution is 6.05. The van der Waals surface area contributed by atoms with Crippen LogP contribution in [-0.4, -0.2) is 49.3 Å². The van der Waals surface area contributed by atoms with Crippen molar-refractivity contribution in [2.75, 3.05) is 24.1 Å². The standard InChI is InChI=1S/C28H27N7O2/c1-2-24(36)34-13-19-11-21(12-20(19)14-34)35-15-22(25-26(29)31-16-32-27(25)35)17-6-8-18(9-7-17)28(37)33-23-5-3-4-10-30-23/h2-10,15-16,19-21H,1,11-14H2,(H2,29,31,32)(H,30,33,37). The van der Waals surface area contributed by atoms with Crippen molar-refractivity contribution < 1.29 is 9.59 Å². The van der Waals surface area contributed by atoms with Crippen molar-refractivity contribution in [3.8, 4) is 11.1 Å². The van der Waals surface area contributed by atoms with Crippen molar-refractivity contribution in [2.24, 2.45) is 11.8 Å². The molecule has 1 aliphatic carbocycles. The lowest BCUT2D eigenvalue weighted by Gasteiger charge is -2.19. The van der Waals surface area contributed by atoms with E-state index in [1.165, 1.54) is 12.4 Å². The van der Waals surface area contributed by atoms with Gasteiger partial charge < -0.3 is 20.5 Å². The van der Waals surface area contributed by atoms with Crippen molar-refractivity contribution >= 4 is 34.5 Å². The Morgan fingerprint density at radius 2 is 1.78 bits per heavy atom. The van der Waals surface area contributed by atoms with Gasteiger partial charge in [0.25, 0.3) is 5.91 Å². The number of hydrogen-bond donors (Lipinski definition) is 2. The molecule has 0 spiro atoms. The van der Waals surface area contributed by atoms with Crippen molar-refractivity contribution in [2.45, 2.75) is 18.9 Å². The van der Waals surface area contributed by atoms with E-state index >= 15 is 0 Å². The average Bonchev–Trinajstić information content (AvgIpc) is 3.61. The fourth-order valence-electron chi connectivity index (χ4n) is 5.84. The van der Waals surface area contributed by atoms with Gasteiger partial charge in [0.1, 0.15) is 23.6 Å². The normalized spacial score (nSPS) is 20.6. The molecule has 4 heterocycles. The zero-order valence-corrected chi connectivity index (χ0v) is 20.2. The molecular formula is C28H27N7O2. The van der Waals surface area contributed by atoms with Crippen LogP contribution in [0.25, 0.3) is 22.2 Å². The molecule has 3 aromatic heterocycles. The molecule has 2 amide bonds. The van der Waals surface area contributed by atoms with Crippen LogP contribution in [-0.2, 0) is 4.79 Å². The SMILES string of the molecule is C=CC(=O)N1CC2CC(n3cc(-c4ccc(C(=O)Nc5ccccn5)cc4)c4c(N)ncnc43)CC2C1. The molecule has 1 aromatic carbocycles.